The molecule has 1 N–H and O–H groups in total. The van der Waals surface area contributed by atoms with E-state index in [1.54, 1.807) is 0 Å². The Labute approximate surface area is 174 Å². The van der Waals surface area contributed by atoms with Gasteiger partial charge in [-0.3, -0.25) is 29.4 Å². The highest BCUT2D eigenvalue weighted by Gasteiger charge is 2.50. The minimum Gasteiger partial charge on any atom is -0.355 e. The second kappa shape index (κ2) is 6.89. The Morgan fingerprint density at radius 1 is 1.10 bits per heavy atom. The van der Waals surface area contributed by atoms with Crippen LogP contribution in [0.5, 0.6) is 0 Å². The fourth-order valence-corrected chi connectivity index (χ4v) is 6.87. The summed E-state index contributed by atoms with van der Waals surface area (Å²) in [5.74, 6) is 0.702. The van der Waals surface area contributed by atoms with Crippen LogP contribution in [0.3, 0.4) is 0 Å². The zero-order valence-electron chi connectivity index (χ0n) is 16.8. The van der Waals surface area contributed by atoms with Crippen molar-refractivity contribution in [1.82, 2.24) is 10.2 Å². The van der Waals surface area contributed by atoms with Crippen LogP contribution in [-0.2, 0) is 4.79 Å². The number of imide groups is 1. The van der Waals surface area contributed by atoms with Crippen LogP contribution in [0.1, 0.15) is 65.7 Å². The maximum Gasteiger partial charge on any atom is 0.282 e. The summed E-state index contributed by atoms with van der Waals surface area (Å²) in [4.78, 5) is 48.9. The second-order valence-electron chi connectivity index (χ2n) is 9.67. The maximum atomic E-state index is 12.6. The molecule has 0 radical (unpaired) electrons. The van der Waals surface area contributed by atoms with Crippen molar-refractivity contribution >= 4 is 23.4 Å². The third kappa shape index (κ3) is 3.09. The molecule has 3 amide bonds. The summed E-state index contributed by atoms with van der Waals surface area (Å²) in [5.41, 5.74) is -0.307. The normalized spacial score (nSPS) is 31.2. The largest absolute Gasteiger partial charge is 0.355 e. The fraction of sp³-hybridized carbons (Fsp3) is 0.591. The lowest BCUT2D eigenvalue weighted by atomic mass is 9.49. The molecule has 1 heterocycles. The lowest BCUT2D eigenvalue weighted by molar-refractivity contribution is -0.385. The topological polar surface area (TPSA) is 110 Å². The number of fused-ring (bicyclic) bond motifs is 1. The molecule has 6 rings (SSSR count). The molecule has 8 nitrogen and oxygen atoms in total. The van der Waals surface area contributed by atoms with E-state index in [-0.39, 0.29) is 11.1 Å². The molecule has 0 unspecified atom stereocenters. The van der Waals surface area contributed by atoms with Gasteiger partial charge in [0.2, 0.25) is 5.91 Å². The van der Waals surface area contributed by atoms with Gasteiger partial charge in [0.05, 0.1) is 10.5 Å². The number of hydrogen-bond acceptors (Lipinski definition) is 5. The minimum absolute atomic E-state index is 0.0180. The fourth-order valence-electron chi connectivity index (χ4n) is 6.87. The molecule has 1 aromatic rings. The van der Waals surface area contributed by atoms with Gasteiger partial charge in [-0.25, -0.2) is 0 Å². The summed E-state index contributed by atoms with van der Waals surface area (Å²) in [6.45, 7) is 0.124. The molecular weight excluding hydrogens is 386 g/mol. The highest BCUT2D eigenvalue weighted by Crippen LogP contribution is 2.61. The molecule has 0 aromatic heterocycles. The highest BCUT2D eigenvalue weighted by molar-refractivity contribution is 6.24. The summed E-state index contributed by atoms with van der Waals surface area (Å²) in [5, 5.41) is 14.1. The minimum atomic E-state index is -0.779. The van der Waals surface area contributed by atoms with Crippen LogP contribution in [-0.4, -0.2) is 40.6 Å². The monoisotopic (exact) mass is 411 g/mol. The predicted octanol–water partition coefficient (Wildman–Crippen LogP) is 2.91. The molecule has 0 atom stereocenters. The van der Waals surface area contributed by atoms with E-state index in [1.807, 2.05) is 0 Å². The van der Waals surface area contributed by atoms with Gasteiger partial charge in [0, 0.05) is 12.6 Å². The number of carbonyl (C=O) groups excluding carboxylic acids is 3. The van der Waals surface area contributed by atoms with E-state index >= 15 is 0 Å². The summed E-state index contributed by atoms with van der Waals surface area (Å²) in [6.07, 6.45) is 8.84. The van der Waals surface area contributed by atoms with Gasteiger partial charge in [-0.2, -0.15) is 0 Å². The molecule has 158 valence electrons. The van der Waals surface area contributed by atoms with Gasteiger partial charge >= 0.3 is 0 Å². The third-order valence-corrected chi connectivity index (χ3v) is 7.62. The van der Waals surface area contributed by atoms with E-state index in [4.69, 9.17) is 0 Å². The van der Waals surface area contributed by atoms with Crippen LogP contribution in [0.4, 0.5) is 5.69 Å². The molecule has 1 aliphatic heterocycles. The average Bonchev–Trinajstić information content (AvgIpc) is 2.91. The first-order valence-electron chi connectivity index (χ1n) is 10.8. The molecule has 8 heteroatoms. The van der Waals surface area contributed by atoms with Crippen molar-refractivity contribution in [2.75, 3.05) is 13.1 Å². The number of hydrogen-bond donors (Lipinski definition) is 1. The van der Waals surface area contributed by atoms with E-state index in [2.05, 4.69) is 5.32 Å². The van der Waals surface area contributed by atoms with Crippen LogP contribution in [0.2, 0.25) is 0 Å². The van der Waals surface area contributed by atoms with Gasteiger partial charge in [0.25, 0.3) is 17.5 Å². The lowest BCUT2D eigenvalue weighted by Crippen LogP contribution is -2.47. The summed E-state index contributed by atoms with van der Waals surface area (Å²) in [6, 6.07) is 3.95. The summed E-state index contributed by atoms with van der Waals surface area (Å²) in [7, 11) is 0. The third-order valence-electron chi connectivity index (χ3n) is 7.62. The van der Waals surface area contributed by atoms with Crippen molar-refractivity contribution in [3.63, 3.8) is 0 Å². The molecule has 0 saturated heterocycles. The Hall–Kier alpha value is -2.77. The molecule has 4 aliphatic carbocycles. The quantitative estimate of drug-likeness (QED) is 0.440. The second-order valence-corrected chi connectivity index (χ2v) is 9.67. The molecular formula is C22H25N3O5. The number of nitro benzene ring substituents is 1. The molecule has 0 spiro atoms. The molecule has 4 saturated carbocycles. The Morgan fingerprint density at radius 2 is 1.73 bits per heavy atom. The van der Waals surface area contributed by atoms with Crippen molar-refractivity contribution < 1.29 is 19.3 Å². The summed E-state index contributed by atoms with van der Waals surface area (Å²) >= 11 is 0. The van der Waals surface area contributed by atoms with E-state index in [9.17, 15) is 24.5 Å². The van der Waals surface area contributed by atoms with Crippen LogP contribution in [0.15, 0.2) is 18.2 Å². The Morgan fingerprint density at radius 3 is 2.33 bits per heavy atom. The Balaban J connectivity index is 1.20. The van der Waals surface area contributed by atoms with Gasteiger partial charge in [-0.15, -0.1) is 0 Å². The molecule has 5 aliphatic rings. The van der Waals surface area contributed by atoms with Gasteiger partial charge in [0.15, 0.2) is 0 Å². The Kier molecular flexibility index (Phi) is 4.41. The van der Waals surface area contributed by atoms with Crippen LogP contribution in [0, 0.1) is 33.3 Å². The van der Waals surface area contributed by atoms with Gasteiger partial charge in [-0.05, 0) is 74.2 Å². The number of nitrogens with zero attached hydrogens (tertiary/aromatic N) is 2. The average molecular weight is 411 g/mol. The first kappa shape index (κ1) is 19.2. The van der Waals surface area contributed by atoms with E-state index in [0.717, 1.165) is 29.1 Å². The Bertz CT molecular complexity index is 921. The number of benzene rings is 1. The van der Waals surface area contributed by atoms with Crippen LogP contribution < -0.4 is 5.32 Å². The van der Waals surface area contributed by atoms with Gasteiger partial charge in [-0.1, -0.05) is 6.07 Å². The standard InChI is InChI=1S/C22H25N3O5/c26-18(23-5-4-22-9-13-6-14(10-22)8-15(7-13)11-22)12-24-20(27)16-2-1-3-17(25(29)30)19(16)21(24)28/h1-3,13-15H,4-12H2,(H,23,26). The van der Waals surface area contributed by atoms with Crippen LogP contribution in [0.25, 0.3) is 0 Å². The van der Waals surface area contributed by atoms with Crippen molar-refractivity contribution in [3.8, 4) is 0 Å². The molecule has 1 aromatic carbocycles. The SMILES string of the molecule is O=C(CN1C(=O)c2cccc([N+](=O)[O-])c2C1=O)NCCC12CC3CC(CC(C3)C1)C2. The molecule has 4 fully saturated rings. The van der Waals surface area contributed by atoms with Crippen molar-refractivity contribution in [3.05, 3.63) is 39.4 Å². The number of nitro groups is 1. The van der Waals surface area contributed by atoms with Crippen molar-refractivity contribution in [2.24, 2.45) is 23.2 Å². The van der Waals surface area contributed by atoms with Gasteiger partial charge < -0.3 is 5.32 Å². The van der Waals surface area contributed by atoms with Crippen LogP contribution >= 0.6 is 0 Å². The first-order chi connectivity index (χ1) is 14.3. The van der Waals surface area contributed by atoms with E-state index in [1.165, 1.54) is 56.7 Å². The molecule has 4 bridgehead atoms. The number of rotatable bonds is 6. The van der Waals surface area contributed by atoms with E-state index < -0.39 is 34.9 Å². The zero-order chi connectivity index (χ0) is 21.0. The maximum absolute atomic E-state index is 12.6. The summed E-state index contributed by atoms with van der Waals surface area (Å²) < 4.78 is 0. The predicted molar refractivity (Wildman–Crippen MR) is 107 cm³/mol. The van der Waals surface area contributed by atoms with Gasteiger partial charge in [0.1, 0.15) is 12.1 Å². The molecule has 30 heavy (non-hydrogen) atoms. The van der Waals surface area contributed by atoms with Crippen molar-refractivity contribution in [1.29, 1.82) is 0 Å². The smallest absolute Gasteiger partial charge is 0.282 e. The van der Waals surface area contributed by atoms with Crippen molar-refractivity contribution in [2.45, 2.75) is 44.9 Å². The number of nitrogens with one attached hydrogen (secondary N) is 1. The number of carbonyl (C=O) groups is 3. The number of amides is 3. The lowest BCUT2D eigenvalue weighted by Gasteiger charge is -2.57. The highest BCUT2D eigenvalue weighted by atomic mass is 16.6. The first-order valence-corrected chi connectivity index (χ1v) is 10.8. The zero-order valence-corrected chi connectivity index (χ0v) is 16.8. The van der Waals surface area contributed by atoms with E-state index in [0.29, 0.717) is 12.0 Å².